The van der Waals surface area contributed by atoms with Crippen LogP contribution in [0.4, 0.5) is 0 Å². The molecular formula is C19H34. The van der Waals surface area contributed by atoms with Crippen molar-refractivity contribution in [1.29, 1.82) is 0 Å². The van der Waals surface area contributed by atoms with Crippen LogP contribution in [0.1, 0.15) is 90.9 Å². The molecule has 0 aliphatic heterocycles. The van der Waals surface area contributed by atoms with E-state index in [1.54, 1.807) is 0 Å². The largest absolute Gasteiger partial charge is 0.129 e. The molecule has 0 unspecified atom stereocenters. The van der Waals surface area contributed by atoms with Crippen molar-refractivity contribution in [2.45, 2.75) is 90.9 Å². The maximum Gasteiger partial charge on any atom is -0.00930 e. The van der Waals surface area contributed by atoms with Crippen LogP contribution in [0, 0.1) is 0 Å². The Morgan fingerprint density at radius 1 is 0.632 bits per heavy atom. The highest BCUT2D eigenvalue weighted by Crippen LogP contribution is 2.08. The lowest BCUT2D eigenvalue weighted by atomic mass is 10.1. The van der Waals surface area contributed by atoms with Gasteiger partial charge in [-0.25, -0.2) is 0 Å². The number of rotatable bonds is 13. The van der Waals surface area contributed by atoms with Crippen molar-refractivity contribution in [2.24, 2.45) is 0 Å². The lowest BCUT2D eigenvalue weighted by Gasteiger charge is -1.98. The molecule has 0 spiro atoms. The summed E-state index contributed by atoms with van der Waals surface area (Å²) in [5, 5.41) is 0. The van der Waals surface area contributed by atoms with Gasteiger partial charge in [0.25, 0.3) is 0 Å². The summed E-state index contributed by atoms with van der Waals surface area (Å²) in [5.74, 6) is 0. The van der Waals surface area contributed by atoms with E-state index in [4.69, 9.17) is 0 Å². The molecule has 0 saturated carbocycles. The summed E-state index contributed by atoms with van der Waals surface area (Å²) in [6.07, 6.45) is 24.7. The molecule has 0 N–H and O–H groups in total. The average Bonchev–Trinajstić information content (AvgIpc) is 2.43. The van der Waals surface area contributed by atoms with Crippen molar-refractivity contribution in [3.8, 4) is 0 Å². The standard InChI is InChI=1S/C19H34/c1-3-5-7-9-11-13-15-17-19-18-16-14-12-10-8-6-4-2/h9,13,17,19H,3-8,10,12,14-16,18H2,1-2H3/b19-17-. The highest BCUT2D eigenvalue weighted by molar-refractivity contribution is 4.93. The number of hydrogen-bond donors (Lipinski definition) is 0. The molecule has 0 saturated heterocycles. The number of unbranched alkanes of at least 4 members (excludes halogenated alkanes) is 9. The minimum Gasteiger partial charge on any atom is -0.129 e. The molecule has 110 valence electrons. The van der Waals surface area contributed by atoms with Gasteiger partial charge in [-0.2, -0.15) is 0 Å². The highest BCUT2D eigenvalue weighted by Gasteiger charge is 1.88. The van der Waals surface area contributed by atoms with Crippen molar-refractivity contribution in [3.63, 3.8) is 0 Å². The zero-order chi connectivity index (χ0) is 14.0. The molecule has 19 heavy (non-hydrogen) atoms. The van der Waals surface area contributed by atoms with E-state index in [0.717, 1.165) is 6.42 Å². The topological polar surface area (TPSA) is 0 Å². The molecule has 0 aliphatic carbocycles. The predicted molar refractivity (Wildman–Crippen MR) is 88.5 cm³/mol. The third kappa shape index (κ3) is 17.3. The monoisotopic (exact) mass is 262 g/mol. The molecule has 0 aromatic heterocycles. The van der Waals surface area contributed by atoms with Gasteiger partial charge in [0.05, 0.1) is 0 Å². The highest BCUT2D eigenvalue weighted by atomic mass is 13.9. The molecule has 0 heteroatoms. The number of hydrogen-bond acceptors (Lipinski definition) is 0. The van der Waals surface area contributed by atoms with E-state index in [1.165, 1.54) is 70.6 Å². The van der Waals surface area contributed by atoms with Crippen molar-refractivity contribution in [3.05, 3.63) is 30.0 Å². The lowest BCUT2D eigenvalue weighted by molar-refractivity contribution is 0.592. The second-order valence-electron chi connectivity index (χ2n) is 5.33. The maximum absolute atomic E-state index is 3.25. The van der Waals surface area contributed by atoms with Gasteiger partial charge in [0.15, 0.2) is 0 Å². The van der Waals surface area contributed by atoms with Crippen LogP contribution in [-0.2, 0) is 0 Å². The Morgan fingerprint density at radius 2 is 1.32 bits per heavy atom. The van der Waals surface area contributed by atoms with E-state index in [-0.39, 0.29) is 0 Å². The molecule has 0 fully saturated rings. The Kier molecular flexibility index (Phi) is 16.6. The fourth-order valence-electron chi connectivity index (χ4n) is 2.04. The van der Waals surface area contributed by atoms with E-state index < -0.39 is 0 Å². The van der Waals surface area contributed by atoms with E-state index in [2.05, 4.69) is 43.9 Å². The molecule has 0 aliphatic rings. The van der Waals surface area contributed by atoms with Crippen LogP contribution >= 0.6 is 0 Å². The van der Waals surface area contributed by atoms with Crippen LogP contribution in [0.15, 0.2) is 30.0 Å². The van der Waals surface area contributed by atoms with Gasteiger partial charge in [-0.3, -0.25) is 0 Å². The lowest BCUT2D eigenvalue weighted by Crippen LogP contribution is -1.78. The predicted octanol–water partition coefficient (Wildman–Crippen LogP) is 6.97. The minimum atomic E-state index is 1.04. The smallest absolute Gasteiger partial charge is 0.00930 e. The van der Waals surface area contributed by atoms with E-state index in [1.807, 2.05) is 0 Å². The molecule has 0 bridgehead atoms. The average molecular weight is 262 g/mol. The second kappa shape index (κ2) is 17.3. The molecule has 0 amide bonds. The molecule has 0 aromatic carbocycles. The van der Waals surface area contributed by atoms with Crippen LogP contribution in [0.25, 0.3) is 0 Å². The Balaban J connectivity index is 3.23. The van der Waals surface area contributed by atoms with Gasteiger partial charge in [-0.1, -0.05) is 70.9 Å². The quantitative estimate of drug-likeness (QED) is 0.191. The summed E-state index contributed by atoms with van der Waals surface area (Å²) in [5.41, 5.74) is 3.25. The third-order valence-corrected chi connectivity index (χ3v) is 3.33. The first kappa shape index (κ1) is 18.3. The molecule has 0 atom stereocenters. The Bertz CT molecular complexity index is 241. The van der Waals surface area contributed by atoms with E-state index >= 15 is 0 Å². The van der Waals surface area contributed by atoms with E-state index in [9.17, 15) is 0 Å². The van der Waals surface area contributed by atoms with Gasteiger partial charge < -0.3 is 0 Å². The third-order valence-electron chi connectivity index (χ3n) is 3.33. The van der Waals surface area contributed by atoms with E-state index in [0.29, 0.717) is 0 Å². The molecule has 0 radical (unpaired) electrons. The fourth-order valence-corrected chi connectivity index (χ4v) is 2.04. The summed E-state index contributed by atoms with van der Waals surface area (Å²) in [7, 11) is 0. The van der Waals surface area contributed by atoms with Crippen molar-refractivity contribution < 1.29 is 0 Å². The molecule has 0 nitrogen and oxygen atoms in total. The summed E-state index contributed by atoms with van der Waals surface area (Å²) in [6, 6.07) is 0. The minimum absolute atomic E-state index is 1.04. The summed E-state index contributed by atoms with van der Waals surface area (Å²) < 4.78 is 0. The molecule has 0 rings (SSSR count). The second-order valence-corrected chi connectivity index (χ2v) is 5.33. The van der Waals surface area contributed by atoms with Gasteiger partial charge in [0.2, 0.25) is 0 Å². The normalized spacial score (nSPS) is 10.6. The van der Waals surface area contributed by atoms with Crippen LogP contribution in [0.3, 0.4) is 0 Å². The van der Waals surface area contributed by atoms with Crippen LogP contribution in [0.5, 0.6) is 0 Å². The Labute approximate surface area is 121 Å². The van der Waals surface area contributed by atoms with Crippen LogP contribution in [-0.4, -0.2) is 0 Å². The van der Waals surface area contributed by atoms with Gasteiger partial charge in [-0.15, -0.1) is 5.73 Å². The van der Waals surface area contributed by atoms with Crippen molar-refractivity contribution >= 4 is 0 Å². The SMILES string of the molecule is CCCCC=C=CC/C=C\CCCCCCCCC. The zero-order valence-corrected chi connectivity index (χ0v) is 13.3. The van der Waals surface area contributed by atoms with Crippen molar-refractivity contribution in [1.82, 2.24) is 0 Å². The van der Waals surface area contributed by atoms with Gasteiger partial charge in [0.1, 0.15) is 0 Å². The van der Waals surface area contributed by atoms with Gasteiger partial charge >= 0.3 is 0 Å². The molecule has 0 aromatic rings. The van der Waals surface area contributed by atoms with Crippen LogP contribution < -0.4 is 0 Å². The maximum atomic E-state index is 3.25. The summed E-state index contributed by atoms with van der Waals surface area (Å²) in [4.78, 5) is 0. The first-order valence-corrected chi connectivity index (χ1v) is 8.46. The zero-order valence-electron chi connectivity index (χ0n) is 13.3. The van der Waals surface area contributed by atoms with Crippen molar-refractivity contribution in [2.75, 3.05) is 0 Å². The van der Waals surface area contributed by atoms with Gasteiger partial charge in [-0.05, 0) is 44.3 Å². The Hall–Kier alpha value is -0.740. The van der Waals surface area contributed by atoms with Gasteiger partial charge in [0, 0.05) is 0 Å². The molecular weight excluding hydrogens is 228 g/mol. The fraction of sp³-hybridized carbons (Fsp3) is 0.737. The summed E-state index contributed by atoms with van der Waals surface area (Å²) >= 11 is 0. The summed E-state index contributed by atoms with van der Waals surface area (Å²) in [6.45, 7) is 4.50. The number of allylic oxidation sites excluding steroid dienone is 3. The first-order valence-electron chi connectivity index (χ1n) is 8.46. The van der Waals surface area contributed by atoms with Crippen LogP contribution in [0.2, 0.25) is 0 Å². The molecule has 0 heterocycles. The first-order chi connectivity index (χ1) is 9.41. The Morgan fingerprint density at radius 3 is 2.05 bits per heavy atom.